The second-order valence-electron chi connectivity index (χ2n) is 7.58. The van der Waals surface area contributed by atoms with Gasteiger partial charge in [0.25, 0.3) is 0 Å². The van der Waals surface area contributed by atoms with Crippen LogP contribution in [0.1, 0.15) is 58.4 Å². The summed E-state index contributed by atoms with van der Waals surface area (Å²) in [7, 11) is 0. The molecule has 0 aromatic heterocycles. The van der Waals surface area contributed by atoms with E-state index in [1.165, 1.54) is 44.2 Å². The lowest BCUT2D eigenvalue weighted by atomic mass is 9.70. The molecule has 2 rings (SSSR count). The standard InChI is InChI=1S/C18H27ClFN/c1-17(2,3)21-13-18(9-5-4-6-10-18)12-14-7-8-15(20)11-16(14)19/h7-8,11,21H,4-6,9-10,12-13H2,1-3H3. The summed E-state index contributed by atoms with van der Waals surface area (Å²) in [5.74, 6) is -0.255. The Kier molecular flexibility index (Phi) is 5.32. The molecule has 0 saturated heterocycles. The predicted octanol–water partition coefficient (Wildman–Crippen LogP) is 5.36. The molecule has 21 heavy (non-hydrogen) atoms. The molecule has 0 heterocycles. The maximum Gasteiger partial charge on any atom is 0.124 e. The second kappa shape index (κ2) is 6.66. The molecule has 0 unspecified atom stereocenters. The normalized spacial score (nSPS) is 18.7. The van der Waals surface area contributed by atoms with Gasteiger partial charge in [0, 0.05) is 17.1 Å². The van der Waals surface area contributed by atoms with E-state index >= 15 is 0 Å². The molecule has 1 aliphatic carbocycles. The lowest BCUT2D eigenvalue weighted by molar-refractivity contribution is 0.165. The molecule has 0 radical (unpaired) electrons. The van der Waals surface area contributed by atoms with Gasteiger partial charge in [-0.3, -0.25) is 0 Å². The highest BCUT2D eigenvalue weighted by Crippen LogP contribution is 2.40. The van der Waals surface area contributed by atoms with Gasteiger partial charge in [0.1, 0.15) is 5.82 Å². The van der Waals surface area contributed by atoms with Crippen LogP contribution in [0.2, 0.25) is 5.02 Å². The van der Waals surface area contributed by atoms with Gasteiger partial charge < -0.3 is 5.32 Å². The van der Waals surface area contributed by atoms with Crippen LogP contribution in [-0.4, -0.2) is 12.1 Å². The Morgan fingerprint density at radius 1 is 1.19 bits per heavy atom. The van der Waals surface area contributed by atoms with E-state index in [-0.39, 0.29) is 16.8 Å². The van der Waals surface area contributed by atoms with E-state index in [1.54, 1.807) is 0 Å². The highest BCUT2D eigenvalue weighted by Gasteiger charge is 2.33. The first-order valence-electron chi connectivity index (χ1n) is 7.99. The first kappa shape index (κ1) is 16.8. The van der Waals surface area contributed by atoms with Crippen molar-refractivity contribution in [1.29, 1.82) is 0 Å². The summed E-state index contributed by atoms with van der Waals surface area (Å²) in [4.78, 5) is 0. The topological polar surface area (TPSA) is 12.0 Å². The van der Waals surface area contributed by atoms with Crippen LogP contribution in [0, 0.1) is 11.2 Å². The molecule has 1 aromatic carbocycles. The minimum Gasteiger partial charge on any atom is -0.312 e. The summed E-state index contributed by atoms with van der Waals surface area (Å²) < 4.78 is 13.2. The summed E-state index contributed by atoms with van der Waals surface area (Å²) in [6.45, 7) is 7.61. The van der Waals surface area contributed by atoms with E-state index in [0.29, 0.717) is 5.02 Å². The van der Waals surface area contributed by atoms with Crippen LogP contribution in [0.5, 0.6) is 0 Å². The molecule has 1 N–H and O–H groups in total. The fourth-order valence-electron chi connectivity index (χ4n) is 3.24. The predicted molar refractivity (Wildman–Crippen MR) is 88.4 cm³/mol. The molecular weight excluding hydrogens is 285 g/mol. The lowest BCUT2D eigenvalue weighted by Gasteiger charge is -2.40. The van der Waals surface area contributed by atoms with Crippen LogP contribution in [-0.2, 0) is 6.42 Å². The van der Waals surface area contributed by atoms with Crippen LogP contribution in [0.15, 0.2) is 18.2 Å². The van der Waals surface area contributed by atoms with Crippen LogP contribution < -0.4 is 5.32 Å². The third-order valence-corrected chi connectivity index (χ3v) is 4.84. The Labute approximate surface area is 133 Å². The molecule has 118 valence electrons. The summed E-state index contributed by atoms with van der Waals surface area (Å²) in [5, 5.41) is 4.23. The Morgan fingerprint density at radius 2 is 1.86 bits per heavy atom. The number of hydrogen-bond donors (Lipinski definition) is 1. The molecule has 0 spiro atoms. The molecule has 0 aliphatic heterocycles. The molecule has 1 saturated carbocycles. The van der Waals surface area contributed by atoms with Gasteiger partial charge in [-0.25, -0.2) is 4.39 Å². The average Bonchev–Trinajstić information content (AvgIpc) is 2.41. The highest BCUT2D eigenvalue weighted by atomic mass is 35.5. The van der Waals surface area contributed by atoms with Gasteiger partial charge in [-0.05, 0) is 63.1 Å². The van der Waals surface area contributed by atoms with Gasteiger partial charge in [-0.15, -0.1) is 0 Å². The summed E-state index contributed by atoms with van der Waals surface area (Å²) in [5.41, 5.74) is 1.46. The van der Waals surface area contributed by atoms with Crippen molar-refractivity contribution < 1.29 is 4.39 Å². The van der Waals surface area contributed by atoms with Crippen molar-refractivity contribution in [3.63, 3.8) is 0 Å². The molecule has 0 bridgehead atoms. The summed E-state index contributed by atoms with van der Waals surface area (Å²) in [6.07, 6.45) is 7.28. The largest absolute Gasteiger partial charge is 0.312 e. The number of halogens is 2. The van der Waals surface area contributed by atoms with Crippen molar-refractivity contribution in [3.8, 4) is 0 Å². The van der Waals surface area contributed by atoms with Crippen LogP contribution >= 0.6 is 11.6 Å². The van der Waals surface area contributed by atoms with Gasteiger partial charge in [-0.2, -0.15) is 0 Å². The van der Waals surface area contributed by atoms with Crippen LogP contribution in [0.25, 0.3) is 0 Å². The first-order valence-corrected chi connectivity index (χ1v) is 8.37. The molecule has 1 aromatic rings. The van der Waals surface area contributed by atoms with Crippen LogP contribution in [0.3, 0.4) is 0 Å². The smallest absolute Gasteiger partial charge is 0.124 e. The SMILES string of the molecule is CC(C)(C)NCC1(Cc2ccc(F)cc2Cl)CCCCC1. The van der Waals surface area contributed by atoms with E-state index in [2.05, 4.69) is 26.1 Å². The summed E-state index contributed by atoms with van der Waals surface area (Å²) in [6, 6.07) is 4.81. The van der Waals surface area contributed by atoms with Crippen molar-refractivity contribution in [2.75, 3.05) is 6.54 Å². The fourth-order valence-corrected chi connectivity index (χ4v) is 3.47. The van der Waals surface area contributed by atoms with Gasteiger partial charge in [0.2, 0.25) is 0 Å². The maximum atomic E-state index is 13.2. The third kappa shape index (κ3) is 4.96. The molecular formula is C18H27ClFN. The first-order chi connectivity index (χ1) is 9.80. The zero-order valence-corrected chi connectivity index (χ0v) is 14.2. The molecule has 1 nitrogen and oxygen atoms in total. The molecule has 1 aliphatic rings. The quantitative estimate of drug-likeness (QED) is 0.789. The van der Waals surface area contributed by atoms with E-state index in [4.69, 9.17) is 11.6 Å². The zero-order chi connectivity index (χ0) is 15.5. The lowest BCUT2D eigenvalue weighted by Crippen LogP contribution is -2.45. The van der Waals surface area contributed by atoms with Crippen LogP contribution in [0.4, 0.5) is 4.39 Å². The monoisotopic (exact) mass is 311 g/mol. The molecule has 1 fully saturated rings. The minimum atomic E-state index is -0.255. The van der Waals surface area contributed by atoms with Crippen molar-refractivity contribution in [2.45, 2.75) is 64.8 Å². The van der Waals surface area contributed by atoms with E-state index in [1.807, 2.05) is 6.07 Å². The Bertz CT molecular complexity index is 473. The number of rotatable bonds is 4. The fraction of sp³-hybridized carbons (Fsp3) is 0.667. The maximum absolute atomic E-state index is 13.2. The second-order valence-corrected chi connectivity index (χ2v) is 7.98. The van der Waals surface area contributed by atoms with Crippen molar-refractivity contribution >= 4 is 11.6 Å². The zero-order valence-electron chi connectivity index (χ0n) is 13.4. The van der Waals surface area contributed by atoms with Gasteiger partial charge in [0.05, 0.1) is 0 Å². The summed E-state index contributed by atoms with van der Waals surface area (Å²) >= 11 is 6.24. The van der Waals surface area contributed by atoms with Gasteiger partial charge in [-0.1, -0.05) is 36.9 Å². The Hall–Kier alpha value is -0.600. The third-order valence-electron chi connectivity index (χ3n) is 4.49. The van der Waals surface area contributed by atoms with E-state index < -0.39 is 0 Å². The van der Waals surface area contributed by atoms with Gasteiger partial charge >= 0.3 is 0 Å². The number of benzene rings is 1. The van der Waals surface area contributed by atoms with Crippen molar-refractivity contribution in [1.82, 2.24) is 5.32 Å². The number of nitrogens with one attached hydrogen (secondary N) is 1. The Morgan fingerprint density at radius 3 is 2.43 bits per heavy atom. The van der Waals surface area contributed by atoms with Crippen molar-refractivity contribution in [3.05, 3.63) is 34.6 Å². The van der Waals surface area contributed by atoms with Gasteiger partial charge in [0.15, 0.2) is 0 Å². The number of hydrogen-bond acceptors (Lipinski definition) is 1. The Balaban J connectivity index is 2.15. The molecule has 0 amide bonds. The average molecular weight is 312 g/mol. The molecule has 3 heteroatoms. The van der Waals surface area contributed by atoms with Crippen molar-refractivity contribution in [2.24, 2.45) is 5.41 Å². The minimum absolute atomic E-state index is 0.122. The van der Waals surface area contributed by atoms with E-state index in [0.717, 1.165) is 18.5 Å². The highest BCUT2D eigenvalue weighted by molar-refractivity contribution is 6.31. The molecule has 0 atom stereocenters. The van der Waals surface area contributed by atoms with E-state index in [9.17, 15) is 4.39 Å².